The molecule has 0 aliphatic rings. The van der Waals surface area contributed by atoms with Crippen molar-refractivity contribution in [1.82, 2.24) is 0 Å². The van der Waals surface area contributed by atoms with Crippen LogP contribution in [-0.4, -0.2) is 19.9 Å². The lowest BCUT2D eigenvalue weighted by Crippen LogP contribution is -2.26. The van der Waals surface area contributed by atoms with Crippen molar-refractivity contribution in [3.63, 3.8) is 0 Å². The summed E-state index contributed by atoms with van der Waals surface area (Å²) in [6.45, 7) is 1.26. The number of alkyl halides is 3. The van der Waals surface area contributed by atoms with Crippen LogP contribution in [0.2, 0.25) is 0 Å². The summed E-state index contributed by atoms with van der Waals surface area (Å²) in [6, 6.07) is 0. The van der Waals surface area contributed by atoms with Crippen LogP contribution in [0.3, 0.4) is 0 Å². The maximum Gasteiger partial charge on any atom is 0.394 e. The molecule has 0 saturated heterocycles. The van der Waals surface area contributed by atoms with Gasteiger partial charge in [-0.05, 0) is 6.42 Å². The first-order chi connectivity index (χ1) is 4.52. The Morgan fingerprint density at radius 2 is 1.90 bits per heavy atom. The molecule has 0 heterocycles. The average Bonchev–Trinajstić information content (AvgIpc) is 1.80. The van der Waals surface area contributed by atoms with Crippen LogP contribution in [0.15, 0.2) is 0 Å². The highest BCUT2D eigenvalue weighted by atomic mass is 19.4. The lowest BCUT2D eigenvalue weighted by molar-refractivity contribution is -0.186. The number of ether oxygens (including phenoxy) is 1. The summed E-state index contributed by atoms with van der Waals surface area (Å²) in [4.78, 5) is 0. The Balaban J connectivity index is 3.81. The molecule has 0 unspecified atom stereocenters. The van der Waals surface area contributed by atoms with Gasteiger partial charge in [-0.2, -0.15) is 13.2 Å². The zero-order valence-electron chi connectivity index (χ0n) is 6.03. The van der Waals surface area contributed by atoms with Crippen molar-refractivity contribution in [3.05, 3.63) is 0 Å². The quantitative estimate of drug-likeness (QED) is 0.608. The van der Waals surface area contributed by atoms with E-state index in [1.165, 1.54) is 14.0 Å². The molecule has 10 heavy (non-hydrogen) atoms. The van der Waals surface area contributed by atoms with E-state index in [0.29, 0.717) is 0 Å². The van der Waals surface area contributed by atoms with Gasteiger partial charge in [-0.25, -0.2) is 0 Å². The monoisotopic (exact) mass is 156 g/mol. The minimum atomic E-state index is -4.11. The maximum atomic E-state index is 11.8. The van der Waals surface area contributed by atoms with Crippen molar-refractivity contribution in [1.29, 1.82) is 0 Å². The third kappa shape index (κ3) is 3.06. The SMILES string of the molecule is CC[C@H](COC)C(F)(F)F. The van der Waals surface area contributed by atoms with E-state index in [-0.39, 0.29) is 13.0 Å². The Labute approximate surface area is 58.2 Å². The second-order valence-electron chi connectivity index (χ2n) is 2.10. The first-order valence-electron chi connectivity index (χ1n) is 3.08. The molecule has 0 saturated carbocycles. The molecule has 4 heteroatoms. The summed E-state index contributed by atoms with van der Waals surface area (Å²) in [5, 5.41) is 0. The molecule has 0 amide bonds. The molecule has 0 rings (SSSR count). The van der Waals surface area contributed by atoms with Crippen molar-refractivity contribution in [2.45, 2.75) is 19.5 Å². The van der Waals surface area contributed by atoms with Gasteiger partial charge in [-0.15, -0.1) is 0 Å². The third-order valence-electron chi connectivity index (χ3n) is 1.32. The highest BCUT2D eigenvalue weighted by Crippen LogP contribution is 2.28. The van der Waals surface area contributed by atoms with E-state index < -0.39 is 12.1 Å². The molecule has 1 atom stereocenters. The Kier molecular flexibility index (Phi) is 3.71. The molecule has 0 aromatic heterocycles. The fourth-order valence-electron chi connectivity index (χ4n) is 0.645. The van der Waals surface area contributed by atoms with Crippen molar-refractivity contribution in [2.75, 3.05) is 13.7 Å². The third-order valence-corrected chi connectivity index (χ3v) is 1.32. The molecule has 0 aliphatic carbocycles. The molecule has 1 nitrogen and oxygen atoms in total. The smallest absolute Gasteiger partial charge is 0.384 e. The van der Waals surface area contributed by atoms with Crippen LogP contribution >= 0.6 is 0 Å². The van der Waals surface area contributed by atoms with Gasteiger partial charge in [-0.3, -0.25) is 0 Å². The van der Waals surface area contributed by atoms with Crippen LogP contribution in [0.25, 0.3) is 0 Å². The van der Waals surface area contributed by atoms with Gasteiger partial charge in [0.15, 0.2) is 0 Å². The van der Waals surface area contributed by atoms with Gasteiger partial charge in [0.05, 0.1) is 12.5 Å². The second kappa shape index (κ2) is 3.81. The minimum Gasteiger partial charge on any atom is -0.384 e. The van der Waals surface area contributed by atoms with E-state index in [0.717, 1.165) is 0 Å². The Hall–Kier alpha value is -0.250. The standard InChI is InChI=1S/C6H11F3O/c1-3-5(4-10-2)6(7,8)9/h5H,3-4H2,1-2H3/t5-/m1/s1. The molecule has 0 aromatic rings. The molecule has 62 valence electrons. The van der Waals surface area contributed by atoms with E-state index in [4.69, 9.17) is 0 Å². The van der Waals surface area contributed by atoms with Crippen molar-refractivity contribution in [3.8, 4) is 0 Å². The Morgan fingerprint density at radius 1 is 1.40 bits per heavy atom. The molecule has 0 fully saturated rings. The number of hydrogen-bond donors (Lipinski definition) is 0. The fraction of sp³-hybridized carbons (Fsp3) is 1.00. The number of rotatable bonds is 3. The first-order valence-corrected chi connectivity index (χ1v) is 3.08. The van der Waals surface area contributed by atoms with Crippen LogP contribution in [0.4, 0.5) is 13.2 Å². The highest BCUT2D eigenvalue weighted by Gasteiger charge is 2.37. The Bertz CT molecular complexity index is 89.5. The second-order valence-corrected chi connectivity index (χ2v) is 2.10. The van der Waals surface area contributed by atoms with Crippen LogP contribution in [0.5, 0.6) is 0 Å². The van der Waals surface area contributed by atoms with Crippen molar-refractivity contribution < 1.29 is 17.9 Å². The molecule has 0 aromatic carbocycles. The molecule has 0 aliphatic heterocycles. The molecule has 0 spiro atoms. The number of halogens is 3. The van der Waals surface area contributed by atoms with Gasteiger partial charge in [0, 0.05) is 7.11 Å². The molecule has 0 N–H and O–H groups in total. The van der Waals surface area contributed by atoms with E-state index in [2.05, 4.69) is 4.74 Å². The average molecular weight is 156 g/mol. The normalized spacial score (nSPS) is 15.3. The van der Waals surface area contributed by atoms with E-state index in [1.54, 1.807) is 0 Å². The highest BCUT2D eigenvalue weighted by molar-refractivity contribution is 4.64. The predicted molar refractivity (Wildman–Crippen MR) is 31.7 cm³/mol. The van der Waals surface area contributed by atoms with Gasteiger partial charge >= 0.3 is 6.18 Å². The van der Waals surface area contributed by atoms with Crippen LogP contribution in [0.1, 0.15) is 13.3 Å². The van der Waals surface area contributed by atoms with E-state index in [1.807, 2.05) is 0 Å². The summed E-state index contributed by atoms with van der Waals surface area (Å²) in [7, 11) is 1.27. The topological polar surface area (TPSA) is 9.23 Å². The van der Waals surface area contributed by atoms with E-state index in [9.17, 15) is 13.2 Å². The minimum absolute atomic E-state index is 0.0807. The van der Waals surface area contributed by atoms with Gasteiger partial charge in [0.2, 0.25) is 0 Å². The summed E-state index contributed by atoms with van der Waals surface area (Å²) >= 11 is 0. The van der Waals surface area contributed by atoms with Gasteiger partial charge < -0.3 is 4.74 Å². The van der Waals surface area contributed by atoms with E-state index >= 15 is 0 Å². The predicted octanol–water partition coefficient (Wildman–Crippen LogP) is 2.22. The molecule has 0 bridgehead atoms. The fourth-order valence-corrected chi connectivity index (χ4v) is 0.645. The lowest BCUT2D eigenvalue weighted by atomic mass is 10.1. The maximum absolute atomic E-state index is 11.8. The van der Waals surface area contributed by atoms with Gasteiger partial charge in [0.25, 0.3) is 0 Å². The lowest BCUT2D eigenvalue weighted by Gasteiger charge is -2.16. The zero-order chi connectivity index (χ0) is 8.20. The van der Waals surface area contributed by atoms with Crippen LogP contribution < -0.4 is 0 Å². The van der Waals surface area contributed by atoms with Gasteiger partial charge in [0.1, 0.15) is 0 Å². The summed E-state index contributed by atoms with van der Waals surface area (Å²) in [6.07, 6.45) is -4.03. The summed E-state index contributed by atoms with van der Waals surface area (Å²) in [5.74, 6) is -1.31. The number of hydrogen-bond acceptors (Lipinski definition) is 1. The number of methoxy groups -OCH3 is 1. The Morgan fingerprint density at radius 3 is 2.00 bits per heavy atom. The molecular weight excluding hydrogens is 145 g/mol. The van der Waals surface area contributed by atoms with Crippen LogP contribution in [-0.2, 0) is 4.74 Å². The molecule has 0 radical (unpaired) electrons. The summed E-state index contributed by atoms with van der Waals surface area (Å²) < 4.78 is 39.9. The van der Waals surface area contributed by atoms with Crippen molar-refractivity contribution >= 4 is 0 Å². The van der Waals surface area contributed by atoms with Crippen LogP contribution in [0, 0.1) is 5.92 Å². The zero-order valence-corrected chi connectivity index (χ0v) is 6.03. The molecular formula is C6H11F3O. The largest absolute Gasteiger partial charge is 0.394 e. The van der Waals surface area contributed by atoms with Crippen molar-refractivity contribution in [2.24, 2.45) is 5.92 Å². The first kappa shape index (κ1) is 9.75. The van der Waals surface area contributed by atoms with Gasteiger partial charge in [-0.1, -0.05) is 6.92 Å². The summed E-state index contributed by atoms with van der Waals surface area (Å²) in [5.41, 5.74) is 0.